The minimum Gasteiger partial charge on any atom is -0.342 e. The van der Waals surface area contributed by atoms with Crippen molar-refractivity contribution in [3.05, 3.63) is 23.3 Å². The molecule has 25 heavy (non-hydrogen) atoms. The van der Waals surface area contributed by atoms with Crippen molar-refractivity contribution in [2.75, 3.05) is 13.1 Å². The van der Waals surface area contributed by atoms with E-state index in [2.05, 4.69) is 15.1 Å². The summed E-state index contributed by atoms with van der Waals surface area (Å²) >= 11 is 0. The number of aromatic nitrogens is 4. The van der Waals surface area contributed by atoms with Crippen LogP contribution in [-0.2, 0) is 11.2 Å². The largest absolute Gasteiger partial charge is 0.342 e. The molecule has 0 bridgehead atoms. The molecular weight excluding hydrogens is 314 g/mol. The standard InChI is InChI=1S/C19H27N5O/c1-14-12-15(2)24-18(20-14)21-16(22-24)13-17(25)23-10-8-19(9-11-23)6-4-3-5-7-19/h12H,3-11,13H2,1-2H3. The third-order valence-corrected chi connectivity index (χ3v) is 6.06. The molecule has 1 saturated carbocycles. The lowest BCUT2D eigenvalue weighted by Crippen LogP contribution is -2.44. The molecule has 1 spiro atoms. The minimum absolute atomic E-state index is 0.149. The summed E-state index contributed by atoms with van der Waals surface area (Å²) in [5.74, 6) is 1.31. The van der Waals surface area contributed by atoms with Gasteiger partial charge in [-0.15, -0.1) is 5.10 Å². The molecule has 0 N–H and O–H groups in total. The van der Waals surface area contributed by atoms with E-state index >= 15 is 0 Å². The fraction of sp³-hybridized carbons (Fsp3) is 0.684. The third kappa shape index (κ3) is 3.26. The number of aryl methyl sites for hydroxylation is 2. The van der Waals surface area contributed by atoms with Crippen LogP contribution < -0.4 is 0 Å². The molecule has 1 aliphatic heterocycles. The van der Waals surface area contributed by atoms with Crippen LogP contribution in [0.4, 0.5) is 0 Å². The van der Waals surface area contributed by atoms with Gasteiger partial charge in [0.1, 0.15) is 0 Å². The number of hydrogen-bond donors (Lipinski definition) is 0. The smallest absolute Gasteiger partial charge is 0.252 e. The monoisotopic (exact) mass is 341 g/mol. The highest BCUT2D eigenvalue weighted by molar-refractivity contribution is 5.78. The number of rotatable bonds is 2. The maximum Gasteiger partial charge on any atom is 0.252 e. The highest BCUT2D eigenvalue weighted by atomic mass is 16.2. The highest BCUT2D eigenvalue weighted by Gasteiger charge is 2.36. The number of amides is 1. The summed E-state index contributed by atoms with van der Waals surface area (Å²) in [7, 11) is 0. The van der Waals surface area contributed by atoms with Gasteiger partial charge in [-0.05, 0) is 51.0 Å². The summed E-state index contributed by atoms with van der Waals surface area (Å²) in [4.78, 5) is 23.5. The van der Waals surface area contributed by atoms with Crippen molar-refractivity contribution in [3.8, 4) is 0 Å². The van der Waals surface area contributed by atoms with Crippen LogP contribution in [0.25, 0.3) is 5.78 Å². The van der Waals surface area contributed by atoms with Crippen LogP contribution in [0.1, 0.15) is 62.2 Å². The zero-order valence-electron chi connectivity index (χ0n) is 15.3. The second kappa shape index (κ2) is 6.39. The maximum absolute atomic E-state index is 12.7. The van der Waals surface area contributed by atoms with Gasteiger partial charge in [0.2, 0.25) is 5.91 Å². The number of hydrogen-bond acceptors (Lipinski definition) is 4. The summed E-state index contributed by atoms with van der Waals surface area (Å²) in [5, 5.41) is 4.47. The number of piperidine rings is 1. The van der Waals surface area contributed by atoms with Crippen molar-refractivity contribution < 1.29 is 4.79 Å². The normalized spacial score (nSPS) is 20.3. The average molecular weight is 341 g/mol. The molecule has 2 aromatic rings. The van der Waals surface area contributed by atoms with E-state index in [1.54, 1.807) is 4.52 Å². The number of nitrogens with zero attached hydrogens (tertiary/aromatic N) is 5. The number of likely N-dealkylation sites (tertiary alicyclic amines) is 1. The van der Waals surface area contributed by atoms with E-state index in [1.165, 1.54) is 32.1 Å². The van der Waals surface area contributed by atoms with Crippen LogP contribution in [-0.4, -0.2) is 43.5 Å². The molecule has 1 amide bonds. The Morgan fingerprint density at radius 3 is 2.52 bits per heavy atom. The molecule has 0 unspecified atom stereocenters. The Morgan fingerprint density at radius 1 is 1.08 bits per heavy atom. The maximum atomic E-state index is 12.7. The Kier molecular flexibility index (Phi) is 4.21. The Bertz CT molecular complexity index is 780. The van der Waals surface area contributed by atoms with E-state index in [9.17, 15) is 4.79 Å². The van der Waals surface area contributed by atoms with Crippen molar-refractivity contribution >= 4 is 11.7 Å². The van der Waals surface area contributed by atoms with Crippen molar-refractivity contribution in [2.24, 2.45) is 5.41 Å². The first-order chi connectivity index (χ1) is 12.0. The first-order valence-electron chi connectivity index (χ1n) is 9.52. The van der Waals surface area contributed by atoms with Crippen LogP contribution in [0.2, 0.25) is 0 Å². The molecule has 4 rings (SSSR count). The molecule has 2 aliphatic rings. The van der Waals surface area contributed by atoms with Gasteiger partial charge < -0.3 is 4.90 Å². The van der Waals surface area contributed by atoms with E-state index < -0.39 is 0 Å². The van der Waals surface area contributed by atoms with Gasteiger partial charge in [0.25, 0.3) is 5.78 Å². The molecule has 3 heterocycles. The van der Waals surface area contributed by atoms with Gasteiger partial charge in [0.05, 0.1) is 6.42 Å². The molecule has 134 valence electrons. The van der Waals surface area contributed by atoms with Crippen LogP contribution in [0, 0.1) is 19.3 Å². The van der Waals surface area contributed by atoms with Crippen molar-refractivity contribution in [3.63, 3.8) is 0 Å². The van der Waals surface area contributed by atoms with Gasteiger partial charge in [-0.25, -0.2) is 9.50 Å². The molecule has 2 aromatic heterocycles. The zero-order valence-corrected chi connectivity index (χ0v) is 15.3. The molecule has 0 aromatic carbocycles. The van der Waals surface area contributed by atoms with E-state index in [0.717, 1.165) is 37.3 Å². The van der Waals surface area contributed by atoms with Gasteiger partial charge in [-0.3, -0.25) is 4.79 Å². The molecule has 0 radical (unpaired) electrons. The molecular formula is C19H27N5O. The van der Waals surface area contributed by atoms with Crippen LogP contribution in [0.5, 0.6) is 0 Å². The number of fused-ring (bicyclic) bond motifs is 1. The summed E-state index contributed by atoms with van der Waals surface area (Å²) in [6.45, 7) is 5.71. The molecule has 6 heteroatoms. The lowest BCUT2D eigenvalue weighted by atomic mass is 9.68. The first-order valence-corrected chi connectivity index (χ1v) is 9.52. The zero-order chi connectivity index (χ0) is 17.4. The first kappa shape index (κ1) is 16.5. The van der Waals surface area contributed by atoms with Gasteiger partial charge in [-0.2, -0.15) is 4.98 Å². The topological polar surface area (TPSA) is 63.4 Å². The number of carbonyl (C=O) groups is 1. The Labute approximate surface area is 148 Å². The summed E-state index contributed by atoms with van der Waals surface area (Å²) in [5.41, 5.74) is 2.43. The third-order valence-electron chi connectivity index (χ3n) is 6.06. The van der Waals surface area contributed by atoms with Crippen molar-refractivity contribution in [1.82, 2.24) is 24.5 Å². The molecule has 2 fully saturated rings. The van der Waals surface area contributed by atoms with Gasteiger partial charge in [-0.1, -0.05) is 19.3 Å². The quantitative estimate of drug-likeness (QED) is 0.842. The Hall–Kier alpha value is -1.98. The minimum atomic E-state index is 0.149. The van der Waals surface area contributed by atoms with Crippen LogP contribution in [0.3, 0.4) is 0 Å². The SMILES string of the molecule is Cc1cc(C)n2nc(CC(=O)N3CCC4(CCCCC4)CC3)nc2n1. The van der Waals surface area contributed by atoms with Crippen molar-refractivity contribution in [2.45, 2.75) is 65.2 Å². The lowest BCUT2D eigenvalue weighted by molar-refractivity contribution is -0.133. The second-order valence-corrected chi connectivity index (χ2v) is 7.90. The fourth-order valence-electron chi connectivity index (χ4n) is 4.56. The lowest BCUT2D eigenvalue weighted by Gasteiger charge is -2.44. The van der Waals surface area contributed by atoms with Gasteiger partial charge >= 0.3 is 0 Å². The van der Waals surface area contributed by atoms with Gasteiger partial charge in [0.15, 0.2) is 5.82 Å². The van der Waals surface area contributed by atoms with E-state index in [1.807, 2.05) is 24.8 Å². The van der Waals surface area contributed by atoms with E-state index in [0.29, 0.717) is 17.0 Å². The van der Waals surface area contributed by atoms with Gasteiger partial charge in [0, 0.05) is 24.5 Å². The Balaban J connectivity index is 1.42. The van der Waals surface area contributed by atoms with Crippen molar-refractivity contribution in [1.29, 1.82) is 0 Å². The summed E-state index contributed by atoms with van der Waals surface area (Å²) < 4.78 is 1.73. The van der Waals surface area contributed by atoms with E-state index in [-0.39, 0.29) is 12.3 Å². The fourth-order valence-corrected chi connectivity index (χ4v) is 4.56. The second-order valence-electron chi connectivity index (χ2n) is 7.90. The predicted molar refractivity (Wildman–Crippen MR) is 95.3 cm³/mol. The molecule has 1 aliphatic carbocycles. The molecule has 1 saturated heterocycles. The molecule has 0 atom stereocenters. The molecule has 6 nitrogen and oxygen atoms in total. The van der Waals surface area contributed by atoms with Crippen LogP contribution in [0.15, 0.2) is 6.07 Å². The highest BCUT2D eigenvalue weighted by Crippen LogP contribution is 2.44. The summed E-state index contributed by atoms with van der Waals surface area (Å²) in [6.07, 6.45) is 9.43. The summed E-state index contributed by atoms with van der Waals surface area (Å²) in [6, 6.07) is 1.97. The average Bonchev–Trinajstić information content (AvgIpc) is 2.99. The number of carbonyl (C=O) groups excluding carboxylic acids is 1. The van der Waals surface area contributed by atoms with Crippen LogP contribution >= 0.6 is 0 Å². The predicted octanol–water partition coefficient (Wildman–Crippen LogP) is 2.86. The van der Waals surface area contributed by atoms with E-state index in [4.69, 9.17) is 0 Å². The Morgan fingerprint density at radius 2 is 1.80 bits per heavy atom.